The van der Waals surface area contributed by atoms with Crippen molar-refractivity contribution >= 4 is 16.8 Å². The zero-order valence-electron chi connectivity index (χ0n) is 15.8. The third kappa shape index (κ3) is 4.45. The quantitative estimate of drug-likeness (QED) is 0.759. The van der Waals surface area contributed by atoms with Crippen LogP contribution in [0.15, 0.2) is 33.9 Å². The first-order valence-corrected chi connectivity index (χ1v) is 9.20. The van der Waals surface area contributed by atoms with Gasteiger partial charge in [0.2, 0.25) is 5.91 Å². The topological polar surface area (TPSA) is 96.4 Å². The second kappa shape index (κ2) is 8.06. The Bertz CT molecular complexity index is 925. The van der Waals surface area contributed by atoms with Gasteiger partial charge in [-0.3, -0.25) is 24.0 Å². The molecule has 1 fully saturated rings. The number of para-hydroxylation sites is 1. The largest absolute Gasteiger partial charge is 0.379 e. The maximum atomic E-state index is 12.3. The van der Waals surface area contributed by atoms with E-state index in [9.17, 15) is 14.4 Å². The molecule has 1 aliphatic rings. The van der Waals surface area contributed by atoms with Crippen LogP contribution in [0.1, 0.15) is 20.3 Å². The molecule has 146 valence electrons. The maximum absolute atomic E-state index is 12.3. The average Bonchev–Trinajstić information content (AvgIpc) is 2.67. The van der Waals surface area contributed by atoms with Crippen molar-refractivity contribution in [2.24, 2.45) is 0 Å². The van der Waals surface area contributed by atoms with Gasteiger partial charge in [-0.1, -0.05) is 12.1 Å². The van der Waals surface area contributed by atoms with E-state index in [1.165, 1.54) is 4.57 Å². The van der Waals surface area contributed by atoms with Crippen molar-refractivity contribution in [1.29, 1.82) is 0 Å². The van der Waals surface area contributed by atoms with Crippen LogP contribution in [0.4, 0.5) is 0 Å². The highest BCUT2D eigenvalue weighted by Crippen LogP contribution is 2.15. The van der Waals surface area contributed by atoms with Gasteiger partial charge in [-0.05, 0) is 26.0 Å². The van der Waals surface area contributed by atoms with E-state index in [1.807, 2.05) is 0 Å². The summed E-state index contributed by atoms with van der Waals surface area (Å²) in [7, 11) is 0. The Morgan fingerprint density at radius 3 is 2.67 bits per heavy atom. The Morgan fingerprint density at radius 1 is 1.22 bits per heavy atom. The van der Waals surface area contributed by atoms with E-state index in [0.717, 1.165) is 13.1 Å². The van der Waals surface area contributed by atoms with Gasteiger partial charge < -0.3 is 10.1 Å². The van der Waals surface area contributed by atoms with Crippen molar-refractivity contribution in [3.8, 4) is 0 Å². The number of aryl methyl sites for hydroxylation is 1. The Hall–Kier alpha value is -2.45. The molecule has 2 aromatic rings. The molecule has 2 N–H and O–H groups in total. The lowest BCUT2D eigenvalue weighted by Crippen LogP contribution is -2.55. The van der Waals surface area contributed by atoms with Gasteiger partial charge in [-0.25, -0.2) is 4.79 Å². The molecule has 0 aliphatic carbocycles. The summed E-state index contributed by atoms with van der Waals surface area (Å²) in [6.07, 6.45) is 0.162. The van der Waals surface area contributed by atoms with Crippen LogP contribution in [0, 0.1) is 0 Å². The Balaban J connectivity index is 1.62. The van der Waals surface area contributed by atoms with Crippen LogP contribution in [0.5, 0.6) is 0 Å². The number of hydrogen-bond acceptors (Lipinski definition) is 5. The monoisotopic (exact) mass is 374 g/mol. The Morgan fingerprint density at radius 2 is 1.93 bits per heavy atom. The first kappa shape index (κ1) is 19.3. The molecule has 0 spiro atoms. The predicted molar refractivity (Wildman–Crippen MR) is 103 cm³/mol. The molecule has 27 heavy (non-hydrogen) atoms. The maximum Gasteiger partial charge on any atom is 0.328 e. The SMILES string of the molecule is CC(C)(CNC(=O)CCn1c(=O)[nH]c(=O)c2ccccc21)N1CCOCC1. The third-order valence-electron chi connectivity index (χ3n) is 5.05. The van der Waals surface area contributed by atoms with Crippen LogP contribution in [-0.4, -0.2) is 58.7 Å². The van der Waals surface area contributed by atoms with Crippen LogP contribution >= 0.6 is 0 Å². The molecule has 8 heteroatoms. The molecule has 1 aromatic heterocycles. The predicted octanol–water partition coefficient (Wildman–Crippen LogP) is 0.307. The molecule has 1 amide bonds. The van der Waals surface area contributed by atoms with Crippen molar-refractivity contribution in [3.63, 3.8) is 0 Å². The van der Waals surface area contributed by atoms with E-state index in [0.29, 0.717) is 30.7 Å². The number of fused-ring (bicyclic) bond motifs is 1. The standard InChI is InChI=1S/C19H26N4O4/c1-19(2,22-9-11-27-12-10-22)13-20-16(24)7-8-23-15-6-4-3-5-14(15)17(25)21-18(23)26/h3-6H,7-13H2,1-2H3,(H,20,24)(H,21,25,26). The lowest BCUT2D eigenvalue weighted by Gasteiger charge is -2.40. The molecular formula is C19H26N4O4. The minimum atomic E-state index is -0.500. The summed E-state index contributed by atoms with van der Waals surface area (Å²) in [5.74, 6) is -0.126. The highest BCUT2D eigenvalue weighted by atomic mass is 16.5. The van der Waals surface area contributed by atoms with Gasteiger partial charge in [0.25, 0.3) is 5.56 Å². The molecular weight excluding hydrogens is 348 g/mol. The molecule has 1 aromatic carbocycles. The molecule has 1 saturated heterocycles. The molecule has 8 nitrogen and oxygen atoms in total. The number of hydrogen-bond donors (Lipinski definition) is 2. The number of aromatic amines is 1. The van der Waals surface area contributed by atoms with Gasteiger partial charge in [-0.2, -0.15) is 0 Å². The molecule has 2 heterocycles. The molecule has 0 atom stereocenters. The number of carbonyl (C=O) groups is 1. The molecule has 0 radical (unpaired) electrons. The number of rotatable bonds is 6. The van der Waals surface area contributed by atoms with Crippen molar-refractivity contribution in [1.82, 2.24) is 19.8 Å². The van der Waals surface area contributed by atoms with Gasteiger partial charge >= 0.3 is 5.69 Å². The van der Waals surface area contributed by atoms with Crippen LogP contribution in [0.2, 0.25) is 0 Å². The second-order valence-corrected chi connectivity index (χ2v) is 7.37. The number of nitrogens with zero attached hydrogens (tertiary/aromatic N) is 2. The summed E-state index contributed by atoms with van der Waals surface area (Å²) < 4.78 is 6.81. The van der Waals surface area contributed by atoms with Gasteiger partial charge in [-0.15, -0.1) is 0 Å². The summed E-state index contributed by atoms with van der Waals surface area (Å²) in [5, 5.41) is 3.40. The summed E-state index contributed by atoms with van der Waals surface area (Å²) in [6, 6.07) is 6.88. The van der Waals surface area contributed by atoms with Gasteiger partial charge in [0.15, 0.2) is 0 Å². The lowest BCUT2D eigenvalue weighted by molar-refractivity contribution is -0.122. The van der Waals surface area contributed by atoms with E-state index in [1.54, 1.807) is 24.3 Å². The highest BCUT2D eigenvalue weighted by Gasteiger charge is 2.28. The number of nitrogens with one attached hydrogen (secondary N) is 2. The molecule has 0 unspecified atom stereocenters. The minimum absolute atomic E-state index is 0.126. The van der Waals surface area contributed by atoms with Crippen LogP contribution in [-0.2, 0) is 16.1 Å². The smallest absolute Gasteiger partial charge is 0.328 e. The first-order chi connectivity index (χ1) is 12.9. The first-order valence-electron chi connectivity index (χ1n) is 9.20. The van der Waals surface area contributed by atoms with E-state index in [4.69, 9.17) is 4.74 Å². The minimum Gasteiger partial charge on any atom is -0.379 e. The van der Waals surface area contributed by atoms with Crippen molar-refractivity contribution in [2.75, 3.05) is 32.8 Å². The Kier molecular flexibility index (Phi) is 5.76. The van der Waals surface area contributed by atoms with Gasteiger partial charge in [0.1, 0.15) is 0 Å². The number of benzene rings is 1. The number of carbonyl (C=O) groups excluding carboxylic acids is 1. The van der Waals surface area contributed by atoms with E-state index < -0.39 is 11.2 Å². The lowest BCUT2D eigenvalue weighted by atomic mass is 10.0. The fourth-order valence-corrected chi connectivity index (χ4v) is 3.36. The van der Waals surface area contributed by atoms with Crippen LogP contribution < -0.4 is 16.6 Å². The fourth-order valence-electron chi connectivity index (χ4n) is 3.36. The molecule has 0 saturated carbocycles. The Labute approximate surface area is 157 Å². The van der Waals surface area contributed by atoms with Gasteiger partial charge in [0.05, 0.1) is 24.1 Å². The number of aromatic nitrogens is 2. The number of morpholine rings is 1. The zero-order chi connectivity index (χ0) is 19.4. The summed E-state index contributed by atoms with van der Waals surface area (Å²) in [6.45, 7) is 8.03. The van der Waals surface area contributed by atoms with Crippen LogP contribution in [0.25, 0.3) is 10.9 Å². The van der Waals surface area contributed by atoms with E-state index in [2.05, 4.69) is 29.0 Å². The van der Waals surface area contributed by atoms with E-state index >= 15 is 0 Å². The van der Waals surface area contributed by atoms with Crippen molar-refractivity contribution in [2.45, 2.75) is 32.4 Å². The summed E-state index contributed by atoms with van der Waals surface area (Å²) in [4.78, 5) is 41.0. The fraction of sp³-hybridized carbons (Fsp3) is 0.526. The van der Waals surface area contributed by atoms with Crippen LogP contribution in [0.3, 0.4) is 0 Å². The zero-order valence-corrected chi connectivity index (χ0v) is 15.8. The highest BCUT2D eigenvalue weighted by molar-refractivity contribution is 5.78. The average molecular weight is 374 g/mol. The van der Waals surface area contributed by atoms with Gasteiger partial charge in [0, 0.05) is 38.1 Å². The van der Waals surface area contributed by atoms with E-state index in [-0.39, 0.29) is 24.4 Å². The number of ether oxygens (including phenoxy) is 1. The number of amides is 1. The second-order valence-electron chi connectivity index (χ2n) is 7.37. The third-order valence-corrected chi connectivity index (χ3v) is 5.05. The molecule has 3 rings (SSSR count). The molecule has 0 bridgehead atoms. The number of H-pyrrole nitrogens is 1. The van der Waals surface area contributed by atoms with Crippen molar-refractivity contribution < 1.29 is 9.53 Å². The summed E-state index contributed by atoms with van der Waals surface area (Å²) in [5.41, 5.74) is -0.544. The normalized spacial score (nSPS) is 15.8. The summed E-state index contributed by atoms with van der Waals surface area (Å²) >= 11 is 0. The molecule has 1 aliphatic heterocycles. The van der Waals surface area contributed by atoms with Crippen molar-refractivity contribution in [3.05, 3.63) is 45.1 Å².